The zero-order valence-electron chi connectivity index (χ0n) is 7.20. The van der Waals surface area contributed by atoms with Crippen molar-refractivity contribution in [1.82, 2.24) is 14.8 Å². The lowest BCUT2D eigenvalue weighted by Gasteiger charge is -2.16. The van der Waals surface area contributed by atoms with E-state index in [1.165, 1.54) is 0 Å². The largest absolute Gasteiger partial charge is 0.367 e. The fraction of sp³-hybridized carbons (Fsp3) is 0.714. The fourth-order valence-corrected chi connectivity index (χ4v) is 0.871. The molecule has 0 amide bonds. The highest BCUT2D eigenvalue weighted by molar-refractivity contribution is 5.09. The first-order valence-electron chi connectivity index (χ1n) is 3.62. The molecule has 0 saturated carbocycles. The normalized spacial score (nSPS) is 11.9. The van der Waals surface area contributed by atoms with Crippen molar-refractivity contribution in [1.29, 1.82) is 0 Å². The van der Waals surface area contributed by atoms with Gasteiger partial charge >= 0.3 is 0 Å². The summed E-state index contributed by atoms with van der Waals surface area (Å²) < 4.78 is 1.76. The summed E-state index contributed by atoms with van der Waals surface area (Å²) >= 11 is 0. The van der Waals surface area contributed by atoms with Gasteiger partial charge in [-0.05, 0) is 5.41 Å². The van der Waals surface area contributed by atoms with Gasteiger partial charge < -0.3 is 5.73 Å². The van der Waals surface area contributed by atoms with E-state index in [2.05, 4.69) is 30.9 Å². The third-order valence-electron chi connectivity index (χ3n) is 1.19. The van der Waals surface area contributed by atoms with Crippen molar-refractivity contribution in [2.24, 2.45) is 5.41 Å². The summed E-state index contributed by atoms with van der Waals surface area (Å²) in [6.45, 7) is 7.28. The van der Waals surface area contributed by atoms with Crippen molar-refractivity contribution >= 4 is 5.95 Å². The minimum absolute atomic E-state index is 0.222. The molecule has 0 radical (unpaired) electrons. The predicted molar refractivity (Wildman–Crippen MR) is 43.9 cm³/mol. The van der Waals surface area contributed by atoms with Crippen LogP contribution in [0.3, 0.4) is 0 Å². The number of anilines is 1. The number of nitrogens with two attached hydrogens (primary N) is 1. The molecular formula is C7H14N4. The molecule has 0 unspecified atom stereocenters. The minimum Gasteiger partial charge on any atom is -0.367 e. The van der Waals surface area contributed by atoms with E-state index in [9.17, 15) is 0 Å². The maximum Gasteiger partial charge on any atom is 0.239 e. The van der Waals surface area contributed by atoms with Crippen LogP contribution in [0.1, 0.15) is 20.8 Å². The molecule has 0 spiro atoms. The number of aromatic nitrogens is 3. The average molecular weight is 154 g/mol. The molecule has 1 heterocycles. The lowest BCUT2D eigenvalue weighted by atomic mass is 9.97. The summed E-state index contributed by atoms with van der Waals surface area (Å²) in [6, 6.07) is 0. The molecule has 4 heteroatoms. The highest BCUT2D eigenvalue weighted by Gasteiger charge is 2.11. The van der Waals surface area contributed by atoms with Crippen molar-refractivity contribution in [3.05, 3.63) is 6.33 Å². The van der Waals surface area contributed by atoms with Crippen molar-refractivity contribution in [2.75, 3.05) is 5.73 Å². The molecule has 11 heavy (non-hydrogen) atoms. The number of nitrogen functional groups attached to an aromatic ring is 1. The molecule has 4 nitrogen and oxygen atoms in total. The van der Waals surface area contributed by atoms with Gasteiger partial charge in [-0.15, -0.1) is 5.10 Å². The van der Waals surface area contributed by atoms with Crippen molar-refractivity contribution in [3.8, 4) is 0 Å². The van der Waals surface area contributed by atoms with Gasteiger partial charge in [0.15, 0.2) is 0 Å². The molecule has 0 fully saturated rings. The third-order valence-corrected chi connectivity index (χ3v) is 1.19. The Labute approximate surface area is 66.4 Å². The highest BCUT2D eigenvalue weighted by Crippen LogP contribution is 2.15. The van der Waals surface area contributed by atoms with E-state index in [-0.39, 0.29) is 5.41 Å². The molecule has 0 aliphatic carbocycles. The first kappa shape index (κ1) is 8.04. The molecular weight excluding hydrogens is 140 g/mol. The summed E-state index contributed by atoms with van der Waals surface area (Å²) in [5.74, 6) is 0.342. The van der Waals surface area contributed by atoms with E-state index in [1.54, 1.807) is 11.0 Å². The van der Waals surface area contributed by atoms with Crippen LogP contribution in [0.25, 0.3) is 0 Å². The van der Waals surface area contributed by atoms with Gasteiger partial charge in [-0.25, -0.2) is 4.98 Å². The fourth-order valence-electron chi connectivity index (χ4n) is 0.871. The van der Waals surface area contributed by atoms with Crippen LogP contribution in [0.5, 0.6) is 0 Å². The van der Waals surface area contributed by atoms with E-state index >= 15 is 0 Å². The van der Waals surface area contributed by atoms with Crippen LogP contribution in [0.15, 0.2) is 6.33 Å². The molecule has 0 aromatic carbocycles. The lowest BCUT2D eigenvalue weighted by molar-refractivity contribution is 0.325. The second-order valence-electron chi connectivity index (χ2n) is 3.86. The van der Waals surface area contributed by atoms with Gasteiger partial charge in [-0.1, -0.05) is 20.8 Å². The lowest BCUT2D eigenvalue weighted by Crippen LogP contribution is -2.15. The van der Waals surface area contributed by atoms with Gasteiger partial charge in [0.1, 0.15) is 6.33 Å². The van der Waals surface area contributed by atoms with Gasteiger partial charge in [0.25, 0.3) is 0 Å². The molecule has 62 valence electrons. The quantitative estimate of drug-likeness (QED) is 0.654. The standard InChI is InChI=1S/C7H14N4/c1-7(2,3)4-11-5-9-6(8)10-11/h5H,4H2,1-3H3,(H2,8,10). The van der Waals surface area contributed by atoms with Crippen LogP contribution in [-0.2, 0) is 6.54 Å². The molecule has 2 N–H and O–H groups in total. The Bertz CT molecular complexity index is 233. The Balaban J connectivity index is 2.65. The SMILES string of the molecule is CC(C)(C)Cn1cnc(N)n1. The molecule has 0 bridgehead atoms. The molecule has 0 saturated heterocycles. The number of hydrogen-bond donors (Lipinski definition) is 1. The first-order valence-corrected chi connectivity index (χ1v) is 3.62. The highest BCUT2D eigenvalue weighted by atomic mass is 15.4. The van der Waals surface area contributed by atoms with Crippen LogP contribution >= 0.6 is 0 Å². The predicted octanol–water partition coefficient (Wildman–Crippen LogP) is 0.906. The topological polar surface area (TPSA) is 56.7 Å². The molecule has 1 aromatic heterocycles. The van der Waals surface area contributed by atoms with Crippen molar-refractivity contribution < 1.29 is 0 Å². The van der Waals surface area contributed by atoms with Crippen LogP contribution < -0.4 is 5.73 Å². The molecule has 0 aliphatic rings. The van der Waals surface area contributed by atoms with Gasteiger partial charge in [0.2, 0.25) is 5.95 Å². The summed E-state index contributed by atoms with van der Waals surface area (Å²) in [6.07, 6.45) is 1.65. The van der Waals surface area contributed by atoms with Crippen LogP contribution in [0, 0.1) is 5.41 Å². The second-order valence-corrected chi connectivity index (χ2v) is 3.86. The van der Waals surface area contributed by atoms with Crippen LogP contribution in [0.4, 0.5) is 5.95 Å². The maximum atomic E-state index is 5.35. The molecule has 1 aromatic rings. The van der Waals surface area contributed by atoms with Crippen LogP contribution in [-0.4, -0.2) is 14.8 Å². The minimum atomic E-state index is 0.222. The zero-order chi connectivity index (χ0) is 8.48. The Hall–Kier alpha value is -1.06. The summed E-state index contributed by atoms with van der Waals surface area (Å²) in [5, 5.41) is 3.98. The van der Waals surface area contributed by atoms with E-state index in [0.29, 0.717) is 5.95 Å². The van der Waals surface area contributed by atoms with Gasteiger partial charge in [0.05, 0.1) is 0 Å². The van der Waals surface area contributed by atoms with Crippen molar-refractivity contribution in [2.45, 2.75) is 27.3 Å². The van der Waals surface area contributed by atoms with E-state index in [0.717, 1.165) is 6.54 Å². The first-order chi connectivity index (χ1) is 4.97. The zero-order valence-corrected chi connectivity index (χ0v) is 7.20. The Kier molecular flexibility index (Phi) is 1.85. The van der Waals surface area contributed by atoms with Gasteiger partial charge in [0, 0.05) is 6.54 Å². The van der Waals surface area contributed by atoms with Gasteiger partial charge in [-0.3, -0.25) is 4.68 Å². The summed E-state index contributed by atoms with van der Waals surface area (Å²) in [4.78, 5) is 3.83. The van der Waals surface area contributed by atoms with E-state index < -0.39 is 0 Å². The summed E-state index contributed by atoms with van der Waals surface area (Å²) in [7, 11) is 0. The summed E-state index contributed by atoms with van der Waals surface area (Å²) in [5.41, 5.74) is 5.58. The van der Waals surface area contributed by atoms with Gasteiger partial charge in [-0.2, -0.15) is 0 Å². The molecule has 1 rings (SSSR count). The Morgan fingerprint density at radius 1 is 1.55 bits per heavy atom. The van der Waals surface area contributed by atoms with E-state index in [1.807, 2.05) is 0 Å². The Morgan fingerprint density at radius 3 is 2.55 bits per heavy atom. The molecule has 0 aliphatic heterocycles. The van der Waals surface area contributed by atoms with Crippen LogP contribution in [0.2, 0.25) is 0 Å². The van der Waals surface area contributed by atoms with E-state index in [4.69, 9.17) is 5.73 Å². The third kappa shape index (κ3) is 2.57. The smallest absolute Gasteiger partial charge is 0.239 e. The second kappa shape index (κ2) is 2.53. The van der Waals surface area contributed by atoms with Crippen molar-refractivity contribution in [3.63, 3.8) is 0 Å². The number of hydrogen-bond acceptors (Lipinski definition) is 3. The molecule has 0 atom stereocenters. The number of rotatable bonds is 1. The Morgan fingerprint density at radius 2 is 2.18 bits per heavy atom. The maximum absolute atomic E-state index is 5.35. The number of nitrogens with zero attached hydrogens (tertiary/aromatic N) is 3. The monoisotopic (exact) mass is 154 g/mol. The average Bonchev–Trinajstić information content (AvgIpc) is 2.10.